The molecular formula is C18H18N4O2. The van der Waals surface area contributed by atoms with E-state index in [1.54, 1.807) is 6.20 Å². The summed E-state index contributed by atoms with van der Waals surface area (Å²) in [5.41, 5.74) is 9.37. The van der Waals surface area contributed by atoms with E-state index >= 15 is 0 Å². The number of imidazole rings is 1. The summed E-state index contributed by atoms with van der Waals surface area (Å²) in [6, 6.07) is 5.95. The number of pyridine rings is 1. The Bertz CT molecular complexity index is 936. The lowest BCUT2D eigenvalue weighted by Crippen LogP contribution is -2.19. The molecule has 1 aliphatic rings. The van der Waals surface area contributed by atoms with E-state index in [-0.39, 0.29) is 5.76 Å². The molecule has 4 rings (SSSR count). The van der Waals surface area contributed by atoms with Crippen molar-refractivity contribution < 1.29 is 9.21 Å². The fourth-order valence-corrected chi connectivity index (χ4v) is 3.06. The van der Waals surface area contributed by atoms with Crippen LogP contribution in [0.3, 0.4) is 0 Å². The van der Waals surface area contributed by atoms with Crippen molar-refractivity contribution in [3.05, 3.63) is 65.5 Å². The van der Waals surface area contributed by atoms with Crippen molar-refractivity contribution in [2.45, 2.75) is 12.8 Å². The number of nitrogens with one attached hydrogen (secondary N) is 1. The van der Waals surface area contributed by atoms with Crippen LogP contribution in [0.15, 0.2) is 47.3 Å². The van der Waals surface area contributed by atoms with Gasteiger partial charge in [0.05, 0.1) is 0 Å². The molecule has 6 heteroatoms. The van der Waals surface area contributed by atoms with Crippen molar-refractivity contribution in [2.75, 3.05) is 13.1 Å². The summed E-state index contributed by atoms with van der Waals surface area (Å²) in [6.45, 7) is 1.72. The number of rotatable bonds is 4. The lowest BCUT2D eigenvalue weighted by Gasteiger charge is -2.11. The van der Waals surface area contributed by atoms with Gasteiger partial charge in [-0.2, -0.15) is 0 Å². The fraction of sp³-hybridized carbons (Fsp3) is 0.222. The van der Waals surface area contributed by atoms with Crippen molar-refractivity contribution in [2.24, 2.45) is 5.73 Å². The number of hydrogen-bond acceptors (Lipinski definition) is 4. The van der Waals surface area contributed by atoms with Gasteiger partial charge in [-0.15, -0.1) is 0 Å². The van der Waals surface area contributed by atoms with E-state index in [0.29, 0.717) is 6.42 Å². The average molecular weight is 322 g/mol. The quantitative estimate of drug-likeness (QED) is 0.769. The molecule has 3 aromatic rings. The van der Waals surface area contributed by atoms with Gasteiger partial charge in [-0.1, -0.05) is 6.08 Å². The third-order valence-corrected chi connectivity index (χ3v) is 4.27. The van der Waals surface area contributed by atoms with Crippen LogP contribution < -0.4 is 11.1 Å². The highest BCUT2D eigenvalue weighted by Gasteiger charge is 2.19. The Balaban J connectivity index is 1.69. The molecule has 0 spiro atoms. The van der Waals surface area contributed by atoms with Gasteiger partial charge >= 0.3 is 0 Å². The Hall–Kier alpha value is -2.86. The minimum atomic E-state index is -0.535. The van der Waals surface area contributed by atoms with Crippen molar-refractivity contribution in [1.29, 1.82) is 0 Å². The highest BCUT2D eigenvalue weighted by Crippen LogP contribution is 2.27. The Morgan fingerprint density at radius 2 is 2.29 bits per heavy atom. The van der Waals surface area contributed by atoms with Gasteiger partial charge in [0.2, 0.25) is 0 Å². The molecule has 0 saturated heterocycles. The predicted molar refractivity (Wildman–Crippen MR) is 90.7 cm³/mol. The maximum Gasteiger partial charge on any atom is 0.284 e. The molecule has 24 heavy (non-hydrogen) atoms. The second-order valence-corrected chi connectivity index (χ2v) is 5.92. The molecule has 0 atom stereocenters. The lowest BCUT2D eigenvalue weighted by molar-refractivity contribution is 0.0972. The van der Waals surface area contributed by atoms with E-state index in [4.69, 9.17) is 10.2 Å². The van der Waals surface area contributed by atoms with Gasteiger partial charge < -0.3 is 19.9 Å². The third kappa shape index (κ3) is 2.72. The second-order valence-electron chi connectivity index (χ2n) is 5.92. The molecule has 0 bridgehead atoms. The minimum absolute atomic E-state index is 0.243. The zero-order valence-electron chi connectivity index (χ0n) is 13.2. The topological polar surface area (TPSA) is 85.6 Å². The Kier molecular flexibility index (Phi) is 3.66. The smallest absolute Gasteiger partial charge is 0.284 e. The van der Waals surface area contributed by atoms with Crippen molar-refractivity contribution >= 4 is 17.1 Å². The Labute approximate surface area is 139 Å². The SMILES string of the molecule is NC(=O)c1oc(C2=CCNCC2)cc1Cc1ccn2ccnc2c1. The zero-order chi connectivity index (χ0) is 16.5. The highest BCUT2D eigenvalue weighted by atomic mass is 16.4. The molecule has 3 N–H and O–H groups in total. The third-order valence-electron chi connectivity index (χ3n) is 4.27. The number of carbonyl (C=O) groups is 1. The number of amides is 1. The van der Waals surface area contributed by atoms with Crippen LogP contribution in [0.1, 0.15) is 33.9 Å². The summed E-state index contributed by atoms with van der Waals surface area (Å²) >= 11 is 0. The first kappa shape index (κ1) is 14.7. The van der Waals surface area contributed by atoms with E-state index in [1.165, 1.54) is 0 Å². The molecule has 4 heterocycles. The van der Waals surface area contributed by atoms with Crippen LogP contribution in [0.4, 0.5) is 0 Å². The summed E-state index contributed by atoms with van der Waals surface area (Å²) in [6.07, 6.45) is 9.16. The standard InChI is InChI=1S/C18H18N4O2/c19-18(23)17-14(11-15(24-17)13-1-4-20-5-2-13)9-12-3-7-22-8-6-21-16(22)10-12/h1,3,6-8,10-11,20H,2,4-5,9H2,(H2,19,23). The molecule has 0 unspecified atom stereocenters. The number of carbonyl (C=O) groups excluding carboxylic acids is 1. The van der Waals surface area contributed by atoms with Crippen LogP contribution >= 0.6 is 0 Å². The molecule has 0 fully saturated rings. The molecule has 6 nitrogen and oxygen atoms in total. The van der Waals surface area contributed by atoms with Crippen LogP contribution in [0.5, 0.6) is 0 Å². The van der Waals surface area contributed by atoms with Gasteiger partial charge in [0, 0.05) is 37.1 Å². The normalized spacial score (nSPS) is 14.8. The summed E-state index contributed by atoms with van der Waals surface area (Å²) in [4.78, 5) is 16.0. The van der Waals surface area contributed by atoms with Crippen molar-refractivity contribution in [1.82, 2.24) is 14.7 Å². The number of aromatic nitrogens is 2. The predicted octanol–water partition coefficient (Wildman–Crippen LogP) is 1.99. The van der Waals surface area contributed by atoms with Gasteiger partial charge in [-0.25, -0.2) is 4.98 Å². The van der Waals surface area contributed by atoms with Crippen LogP contribution in [-0.4, -0.2) is 28.4 Å². The van der Waals surface area contributed by atoms with Gasteiger partial charge in [-0.3, -0.25) is 4.79 Å². The number of furan rings is 1. The van der Waals surface area contributed by atoms with Crippen LogP contribution in [0, 0.1) is 0 Å². The van der Waals surface area contributed by atoms with E-state index in [1.807, 2.05) is 35.0 Å². The molecule has 0 radical (unpaired) electrons. The van der Waals surface area contributed by atoms with E-state index in [9.17, 15) is 4.79 Å². The van der Waals surface area contributed by atoms with E-state index < -0.39 is 5.91 Å². The van der Waals surface area contributed by atoms with Crippen LogP contribution in [-0.2, 0) is 6.42 Å². The van der Waals surface area contributed by atoms with Crippen LogP contribution in [0.25, 0.3) is 11.2 Å². The van der Waals surface area contributed by atoms with E-state index in [2.05, 4.69) is 16.4 Å². The molecule has 122 valence electrons. The minimum Gasteiger partial charge on any atom is -0.451 e. The number of nitrogens with zero attached hydrogens (tertiary/aromatic N) is 2. The van der Waals surface area contributed by atoms with Gasteiger partial charge in [0.1, 0.15) is 11.4 Å². The molecule has 1 amide bonds. The number of primary amides is 1. The summed E-state index contributed by atoms with van der Waals surface area (Å²) < 4.78 is 7.71. The van der Waals surface area contributed by atoms with E-state index in [0.717, 1.165) is 47.6 Å². The molecule has 1 aliphatic heterocycles. The molecule has 0 aliphatic carbocycles. The Morgan fingerprint density at radius 1 is 1.38 bits per heavy atom. The zero-order valence-corrected chi connectivity index (χ0v) is 13.2. The lowest BCUT2D eigenvalue weighted by atomic mass is 10.0. The molecule has 3 aromatic heterocycles. The number of hydrogen-bond donors (Lipinski definition) is 2. The monoisotopic (exact) mass is 322 g/mol. The average Bonchev–Trinajstić information content (AvgIpc) is 3.22. The first-order chi connectivity index (χ1) is 11.7. The first-order valence-electron chi connectivity index (χ1n) is 7.95. The molecular weight excluding hydrogens is 304 g/mol. The molecule has 0 aromatic carbocycles. The van der Waals surface area contributed by atoms with Gasteiger partial charge in [0.15, 0.2) is 5.76 Å². The fourth-order valence-electron chi connectivity index (χ4n) is 3.06. The summed E-state index contributed by atoms with van der Waals surface area (Å²) in [5.74, 6) is 0.447. The maximum absolute atomic E-state index is 11.8. The van der Waals surface area contributed by atoms with Gasteiger partial charge in [0.25, 0.3) is 5.91 Å². The highest BCUT2D eigenvalue weighted by molar-refractivity contribution is 5.92. The number of fused-ring (bicyclic) bond motifs is 1. The summed E-state index contributed by atoms with van der Waals surface area (Å²) in [7, 11) is 0. The Morgan fingerprint density at radius 3 is 3.08 bits per heavy atom. The summed E-state index contributed by atoms with van der Waals surface area (Å²) in [5, 5.41) is 3.26. The second kappa shape index (κ2) is 5.98. The molecule has 0 saturated carbocycles. The van der Waals surface area contributed by atoms with Crippen molar-refractivity contribution in [3.63, 3.8) is 0 Å². The first-order valence-corrected chi connectivity index (χ1v) is 7.95. The van der Waals surface area contributed by atoms with Crippen molar-refractivity contribution in [3.8, 4) is 0 Å². The largest absolute Gasteiger partial charge is 0.451 e. The maximum atomic E-state index is 11.8. The van der Waals surface area contributed by atoms with Crippen LogP contribution in [0.2, 0.25) is 0 Å². The number of nitrogens with two attached hydrogens (primary N) is 1. The van der Waals surface area contributed by atoms with Gasteiger partial charge in [-0.05, 0) is 42.3 Å².